The highest BCUT2D eigenvalue weighted by molar-refractivity contribution is 5.94. The van der Waals surface area contributed by atoms with Crippen molar-refractivity contribution < 1.29 is 9.21 Å². The van der Waals surface area contributed by atoms with Gasteiger partial charge in [-0.3, -0.25) is 4.79 Å². The van der Waals surface area contributed by atoms with Gasteiger partial charge >= 0.3 is 0 Å². The maximum Gasteiger partial charge on any atom is 0.257 e. The van der Waals surface area contributed by atoms with Crippen LogP contribution in [-0.2, 0) is 0 Å². The van der Waals surface area contributed by atoms with Crippen LogP contribution in [0.15, 0.2) is 59.4 Å². The smallest absolute Gasteiger partial charge is 0.257 e. The van der Waals surface area contributed by atoms with Gasteiger partial charge in [0.15, 0.2) is 0 Å². The molecule has 0 aliphatic carbocycles. The quantitative estimate of drug-likeness (QED) is 0.619. The molecule has 1 aliphatic heterocycles. The SMILES string of the molecule is CC(C)c1cc(-c2ccccc2)c(C#N)c(N2CCN(C(=O)c3ccoc3)[C@H](C)C2)n1. The lowest BCUT2D eigenvalue weighted by molar-refractivity contribution is 0.0673. The molecule has 0 spiro atoms. The molecule has 0 N–H and O–H groups in total. The summed E-state index contributed by atoms with van der Waals surface area (Å²) in [5.74, 6) is 0.903. The molecule has 6 heteroatoms. The molecule has 1 atom stereocenters. The lowest BCUT2D eigenvalue weighted by Crippen LogP contribution is -2.54. The molecule has 4 rings (SSSR count). The van der Waals surface area contributed by atoms with E-state index in [0.717, 1.165) is 16.8 Å². The van der Waals surface area contributed by atoms with E-state index in [1.54, 1.807) is 6.07 Å². The molecular weight excluding hydrogens is 388 g/mol. The fourth-order valence-electron chi connectivity index (χ4n) is 4.03. The molecule has 1 amide bonds. The summed E-state index contributed by atoms with van der Waals surface area (Å²) in [6.07, 6.45) is 2.99. The number of nitrogens with zero attached hydrogens (tertiary/aromatic N) is 4. The second-order valence-electron chi connectivity index (χ2n) is 8.23. The summed E-state index contributed by atoms with van der Waals surface area (Å²) in [6, 6.07) is 16.1. The minimum atomic E-state index is -0.0322. The Bertz CT molecular complexity index is 1100. The van der Waals surface area contributed by atoms with Gasteiger partial charge in [0.1, 0.15) is 23.7 Å². The molecule has 1 aliphatic rings. The number of amides is 1. The predicted molar refractivity (Wildman–Crippen MR) is 120 cm³/mol. The Morgan fingerprint density at radius 3 is 2.61 bits per heavy atom. The third kappa shape index (κ3) is 4.04. The van der Waals surface area contributed by atoms with Crippen molar-refractivity contribution in [3.05, 3.63) is 71.8 Å². The Balaban J connectivity index is 1.69. The maximum atomic E-state index is 12.8. The third-order valence-electron chi connectivity index (χ3n) is 5.76. The molecule has 0 unspecified atom stereocenters. The molecule has 3 heterocycles. The summed E-state index contributed by atoms with van der Waals surface area (Å²) >= 11 is 0. The highest BCUT2D eigenvalue weighted by Gasteiger charge is 2.31. The average Bonchev–Trinajstić information content (AvgIpc) is 3.33. The van der Waals surface area contributed by atoms with Crippen molar-refractivity contribution in [3.8, 4) is 17.2 Å². The first-order valence-electron chi connectivity index (χ1n) is 10.6. The third-order valence-corrected chi connectivity index (χ3v) is 5.76. The van der Waals surface area contributed by atoms with Crippen molar-refractivity contribution in [2.75, 3.05) is 24.5 Å². The van der Waals surface area contributed by atoms with Crippen LogP contribution in [0.1, 0.15) is 48.3 Å². The van der Waals surface area contributed by atoms with Crippen LogP contribution in [0, 0.1) is 11.3 Å². The first-order chi connectivity index (χ1) is 15.0. The number of furan rings is 1. The second kappa shape index (κ2) is 8.65. The van der Waals surface area contributed by atoms with E-state index in [9.17, 15) is 10.1 Å². The molecule has 3 aromatic rings. The fourth-order valence-corrected chi connectivity index (χ4v) is 4.03. The number of piperazine rings is 1. The van der Waals surface area contributed by atoms with Gasteiger partial charge in [-0.25, -0.2) is 4.98 Å². The zero-order chi connectivity index (χ0) is 22.0. The van der Waals surface area contributed by atoms with Crippen LogP contribution in [-0.4, -0.2) is 41.5 Å². The summed E-state index contributed by atoms with van der Waals surface area (Å²) in [4.78, 5) is 21.7. The zero-order valence-corrected chi connectivity index (χ0v) is 18.1. The second-order valence-corrected chi connectivity index (χ2v) is 8.23. The topological polar surface area (TPSA) is 73.4 Å². The fraction of sp³-hybridized carbons (Fsp3) is 0.320. The summed E-state index contributed by atoms with van der Waals surface area (Å²) in [5.41, 5.74) is 4.01. The molecule has 0 radical (unpaired) electrons. The van der Waals surface area contributed by atoms with Crippen molar-refractivity contribution in [2.24, 2.45) is 0 Å². The van der Waals surface area contributed by atoms with E-state index in [1.165, 1.54) is 12.5 Å². The molecule has 1 aromatic carbocycles. The molecule has 0 bridgehead atoms. The van der Waals surface area contributed by atoms with Crippen molar-refractivity contribution in [3.63, 3.8) is 0 Å². The highest BCUT2D eigenvalue weighted by Crippen LogP contribution is 2.33. The molecule has 6 nitrogen and oxygen atoms in total. The van der Waals surface area contributed by atoms with Gasteiger partial charge in [-0.2, -0.15) is 5.26 Å². The van der Waals surface area contributed by atoms with Gasteiger partial charge in [-0.1, -0.05) is 44.2 Å². The van der Waals surface area contributed by atoms with E-state index in [4.69, 9.17) is 9.40 Å². The van der Waals surface area contributed by atoms with Crippen LogP contribution in [0.4, 0.5) is 5.82 Å². The number of benzene rings is 1. The Morgan fingerprint density at radius 1 is 1.23 bits per heavy atom. The molecular formula is C25H26N4O2. The average molecular weight is 415 g/mol. The van der Waals surface area contributed by atoms with Gasteiger partial charge in [-0.05, 0) is 30.5 Å². The first-order valence-corrected chi connectivity index (χ1v) is 10.6. The molecule has 2 aromatic heterocycles. The number of carbonyl (C=O) groups excluding carboxylic acids is 1. The normalized spacial score (nSPS) is 16.4. The van der Waals surface area contributed by atoms with E-state index in [0.29, 0.717) is 36.6 Å². The largest absolute Gasteiger partial charge is 0.472 e. The van der Waals surface area contributed by atoms with Crippen molar-refractivity contribution >= 4 is 11.7 Å². The Labute approximate surface area is 182 Å². The van der Waals surface area contributed by atoms with Crippen molar-refractivity contribution in [1.29, 1.82) is 5.26 Å². The van der Waals surface area contributed by atoms with Crippen LogP contribution in [0.25, 0.3) is 11.1 Å². The van der Waals surface area contributed by atoms with Crippen LogP contribution in [0.2, 0.25) is 0 Å². The summed E-state index contributed by atoms with van der Waals surface area (Å²) in [7, 11) is 0. The molecule has 1 fully saturated rings. The number of rotatable bonds is 4. The van der Waals surface area contributed by atoms with E-state index in [-0.39, 0.29) is 17.9 Å². The summed E-state index contributed by atoms with van der Waals surface area (Å²) < 4.78 is 5.07. The lowest BCUT2D eigenvalue weighted by Gasteiger charge is -2.40. The van der Waals surface area contributed by atoms with E-state index < -0.39 is 0 Å². The van der Waals surface area contributed by atoms with Gasteiger partial charge in [0.05, 0.1) is 11.8 Å². The van der Waals surface area contributed by atoms with Crippen LogP contribution >= 0.6 is 0 Å². The molecule has 1 saturated heterocycles. The van der Waals surface area contributed by atoms with Crippen LogP contribution in [0.5, 0.6) is 0 Å². The first kappa shape index (κ1) is 20.7. The maximum absolute atomic E-state index is 12.8. The number of nitriles is 1. The standard InChI is InChI=1S/C25H26N4O2/c1-17(2)23-13-21(19-7-5-4-6-8-19)22(14-26)24(27-23)28-10-11-29(18(3)15-28)25(30)20-9-12-31-16-20/h4-9,12-13,16-18H,10-11,15H2,1-3H3/t18-/m1/s1. The van der Waals surface area contributed by atoms with Gasteiger partial charge in [0.25, 0.3) is 5.91 Å². The Hall–Kier alpha value is -3.59. The van der Waals surface area contributed by atoms with Gasteiger partial charge < -0.3 is 14.2 Å². The Morgan fingerprint density at radius 2 is 2.00 bits per heavy atom. The number of carbonyl (C=O) groups is 1. The zero-order valence-electron chi connectivity index (χ0n) is 18.1. The van der Waals surface area contributed by atoms with E-state index in [2.05, 4.69) is 24.8 Å². The van der Waals surface area contributed by atoms with E-state index in [1.807, 2.05) is 48.2 Å². The van der Waals surface area contributed by atoms with Gasteiger partial charge in [0.2, 0.25) is 0 Å². The minimum absolute atomic E-state index is 0.0209. The van der Waals surface area contributed by atoms with Crippen LogP contribution < -0.4 is 4.90 Å². The number of hydrogen-bond acceptors (Lipinski definition) is 5. The molecule has 158 valence electrons. The van der Waals surface area contributed by atoms with E-state index >= 15 is 0 Å². The number of aromatic nitrogens is 1. The number of pyridine rings is 1. The predicted octanol–water partition coefficient (Wildman–Crippen LogP) is 4.69. The van der Waals surface area contributed by atoms with Crippen molar-refractivity contribution in [2.45, 2.75) is 32.7 Å². The van der Waals surface area contributed by atoms with Gasteiger partial charge in [0, 0.05) is 36.9 Å². The lowest BCUT2D eigenvalue weighted by atomic mass is 9.97. The minimum Gasteiger partial charge on any atom is -0.472 e. The van der Waals surface area contributed by atoms with Crippen molar-refractivity contribution in [1.82, 2.24) is 9.88 Å². The number of hydrogen-bond donors (Lipinski definition) is 0. The summed E-state index contributed by atoms with van der Waals surface area (Å²) in [5, 5.41) is 10.1. The summed E-state index contributed by atoms with van der Waals surface area (Å²) in [6.45, 7) is 8.03. The number of anilines is 1. The molecule has 31 heavy (non-hydrogen) atoms. The van der Waals surface area contributed by atoms with Crippen LogP contribution in [0.3, 0.4) is 0 Å². The Kier molecular flexibility index (Phi) is 5.77. The molecule has 0 saturated carbocycles. The monoisotopic (exact) mass is 414 g/mol. The van der Waals surface area contributed by atoms with Gasteiger partial charge in [-0.15, -0.1) is 0 Å². The highest BCUT2D eigenvalue weighted by atomic mass is 16.3.